The van der Waals surface area contributed by atoms with Crippen molar-refractivity contribution in [3.05, 3.63) is 95.5 Å². The minimum absolute atomic E-state index is 0.182. The number of aromatic hydroxyl groups is 1. The van der Waals surface area contributed by atoms with Crippen LogP contribution >= 0.6 is 11.8 Å². The molecular weight excluding hydrogens is 460 g/mol. The lowest BCUT2D eigenvalue weighted by atomic mass is 10.1. The van der Waals surface area contributed by atoms with Gasteiger partial charge in [0.05, 0.1) is 23.4 Å². The third-order valence-electron chi connectivity index (χ3n) is 5.55. The van der Waals surface area contributed by atoms with E-state index in [0.717, 1.165) is 33.9 Å². The van der Waals surface area contributed by atoms with E-state index < -0.39 is 0 Å². The monoisotopic (exact) mass is 482 g/mol. The average molecular weight is 483 g/mol. The fourth-order valence-electron chi connectivity index (χ4n) is 3.65. The first-order valence-electron chi connectivity index (χ1n) is 10.9. The normalized spacial score (nSPS) is 14.3. The number of anilines is 1. The number of aromatic nitrogens is 2. The Morgan fingerprint density at radius 3 is 2.40 bits per heavy atom. The highest BCUT2D eigenvalue weighted by molar-refractivity contribution is 8.18. The maximum Gasteiger partial charge on any atom is 0.286 e. The molecule has 35 heavy (non-hydrogen) atoms. The van der Waals surface area contributed by atoms with Crippen LogP contribution in [0.4, 0.5) is 5.69 Å². The Morgan fingerprint density at radius 2 is 1.71 bits per heavy atom. The lowest BCUT2D eigenvalue weighted by molar-refractivity contribution is -0.113. The van der Waals surface area contributed by atoms with Crippen molar-refractivity contribution in [1.82, 2.24) is 9.78 Å². The number of nitrogens with zero attached hydrogens (tertiary/aromatic N) is 4. The molecule has 0 atom stereocenters. The lowest BCUT2D eigenvalue weighted by Crippen LogP contribution is -2.21. The smallest absolute Gasteiger partial charge is 0.286 e. The van der Waals surface area contributed by atoms with Crippen LogP contribution in [0, 0.1) is 0 Å². The molecule has 174 valence electrons. The second kappa shape index (κ2) is 9.52. The number of amidine groups is 1. The highest BCUT2D eigenvalue weighted by atomic mass is 32.2. The number of amides is 1. The summed E-state index contributed by atoms with van der Waals surface area (Å²) in [7, 11) is 3.47. The van der Waals surface area contributed by atoms with Crippen LogP contribution in [0.1, 0.15) is 5.56 Å². The molecule has 1 amide bonds. The predicted molar refractivity (Wildman–Crippen MR) is 140 cm³/mol. The third-order valence-corrected chi connectivity index (χ3v) is 6.61. The van der Waals surface area contributed by atoms with Gasteiger partial charge in [-0.15, -0.1) is 0 Å². The van der Waals surface area contributed by atoms with E-state index in [1.54, 1.807) is 36.1 Å². The number of phenols is 1. The number of phenolic OH excluding ortho intramolecular Hbond substituents is 1. The van der Waals surface area contributed by atoms with Crippen molar-refractivity contribution in [3.8, 4) is 28.4 Å². The van der Waals surface area contributed by atoms with Crippen LogP contribution in [-0.4, -0.2) is 40.1 Å². The molecule has 2 heterocycles. The Morgan fingerprint density at radius 1 is 1.00 bits per heavy atom. The van der Waals surface area contributed by atoms with Crippen molar-refractivity contribution in [2.45, 2.75) is 0 Å². The molecule has 0 aliphatic carbocycles. The molecule has 5 rings (SSSR count). The van der Waals surface area contributed by atoms with E-state index in [1.807, 2.05) is 78.8 Å². The first kappa shape index (κ1) is 22.5. The number of hydrogen-bond donors (Lipinski definition) is 1. The summed E-state index contributed by atoms with van der Waals surface area (Å²) in [5.74, 6) is 0.637. The number of carbonyl (C=O) groups is 1. The standard InChI is InChI=1S/C27H22N4O3S/c1-30(20-10-12-22(32)13-11-20)27-28-26(33)24(35-27)16-19-17-31(21-6-4-3-5-7-21)29-25(19)18-8-14-23(34-2)15-9-18/h3-17,32H,1-2H3. The number of hydrogen-bond acceptors (Lipinski definition) is 6. The minimum Gasteiger partial charge on any atom is -0.508 e. The molecule has 8 heteroatoms. The Hall–Kier alpha value is -4.30. The van der Waals surface area contributed by atoms with Gasteiger partial charge in [-0.05, 0) is 78.5 Å². The minimum atomic E-state index is -0.302. The largest absolute Gasteiger partial charge is 0.508 e. The van der Waals surface area contributed by atoms with Crippen molar-refractivity contribution in [1.29, 1.82) is 0 Å². The molecule has 0 unspecified atom stereocenters. The van der Waals surface area contributed by atoms with E-state index in [-0.39, 0.29) is 11.7 Å². The molecule has 0 radical (unpaired) electrons. The summed E-state index contributed by atoms with van der Waals surface area (Å²) < 4.78 is 7.10. The Labute approximate surface area is 207 Å². The van der Waals surface area contributed by atoms with Gasteiger partial charge in [0.25, 0.3) is 5.91 Å². The van der Waals surface area contributed by atoms with Crippen LogP contribution in [0.5, 0.6) is 11.5 Å². The van der Waals surface area contributed by atoms with Crippen molar-refractivity contribution >= 4 is 34.6 Å². The van der Waals surface area contributed by atoms with Crippen LogP contribution in [0.15, 0.2) is 95.0 Å². The molecule has 3 aromatic carbocycles. The van der Waals surface area contributed by atoms with Gasteiger partial charge >= 0.3 is 0 Å². The highest BCUT2D eigenvalue weighted by Crippen LogP contribution is 2.34. The fourth-order valence-corrected chi connectivity index (χ4v) is 4.53. The van der Waals surface area contributed by atoms with Crippen molar-refractivity contribution in [3.63, 3.8) is 0 Å². The van der Waals surface area contributed by atoms with Gasteiger partial charge in [0, 0.05) is 30.1 Å². The van der Waals surface area contributed by atoms with Gasteiger partial charge < -0.3 is 14.7 Å². The molecule has 0 spiro atoms. The Bertz CT molecular complexity index is 1430. The molecule has 0 fully saturated rings. The fraction of sp³-hybridized carbons (Fsp3) is 0.0741. The average Bonchev–Trinajstić information content (AvgIpc) is 3.48. The number of carbonyl (C=O) groups excluding carboxylic acids is 1. The second-order valence-electron chi connectivity index (χ2n) is 7.83. The first-order valence-corrected chi connectivity index (χ1v) is 11.7. The van der Waals surface area contributed by atoms with Crippen molar-refractivity contribution < 1.29 is 14.6 Å². The van der Waals surface area contributed by atoms with E-state index >= 15 is 0 Å². The molecule has 1 aromatic heterocycles. The quantitative estimate of drug-likeness (QED) is 0.386. The topological polar surface area (TPSA) is 79.9 Å². The molecule has 0 bridgehead atoms. The van der Waals surface area contributed by atoms with Crippen LogP contribution in [0.2, 0.25) is 0 Å². The molecule has 0 saturated heterocycles. The van der Waals surface area contributed by atoms with Crippen LogP contribution in [0.3, 0.4) is 0 Å². The number of ether oxygens (including phenoxy) is 1. The van der Waals surface area contributed by atoms with Crippen molar-refractivity contribution in [2.24, 2.45) is 4.99 Å². The summed E-state index contributed by atoms with van der Waals surface area (Å²) in [6.07, 6.45) is 3.75. The number of methoxy groups -OCH3 is 1. The van der Waals surface area contributed by atoms with Crippen LogP contribution in [-0.2, 0) is 4.79 Å². The SMILES string of the molecule is COc1ccc(-c2nn(-c3ccccc3)cc2C=C2SC(N(C)c3ccc(O)cc3)=NC2=O)cc1. The number of thioether (sulfide) groups is 1. The second-order valence-corrected chi connectivity index (χ2v) is 8.84. The van der Waals surface area contributed by atoms with Gasteiger partial charge in [0.1, 0.15) is 11.5 Å². The van der Waals surface area contributed by atoms with Crippen LogP contribution in [0.25, 0.3) is 23.0 Å². The zero-order valence-corrected chi connectivity index (χ0v) is 19.9. The summed E-state index contributed by atoms with van der Waals surface area (Å²) in [5.41, 5.74) is 4.20. The summed E-state index contributed by atoms with van der Waals surface area (Å²) in [4.78, 5) is 19.4. The van der Waals surface area contributed by atoms with Crippen molar-refractivity contribution in [2.75, 3.05) is 19.1 Å². The third kappa shape index (κ3) is 4.69. The zero-order chi connectivity index (χ0) is 24.4. The number of rotatable bonds is 5. The number of benzene rings is 3. The van der Waals surface area contributed by atoms with Gasteiger partial charge in [-0.25, -0.2) is 4.68 Å². The van der Waals surface area contributed by atoms with Gasteiger partial charge in [0.15, 0.2) is 5.17 Å². The number of para-hydroxylation sites is 1. The van der Waals surface area contributed by atoms with E-state index in [2.05, 4.69) is 4.99 Å². The molecular formula is C27H22N4O3S. The van der Waals surface area contributed by atoms with E-state index in [0.29, 0.717) is 10.1 Å². The van der Waals surface area contributed by atoms with E-state index in [1.165, 1.54) is 11.8 Å². The van der Waals surface area contributed by atoms with Gasteiger partial charge in [-0.3, -0.25) is 4.79 Å². The van der Waals surface area contributed by atoms with Gasteiger partial charge in [0.2, 0.25) is 0 Å². The summed E-state index contributed by atoms with van der Waals surface area (Å²) in [5, 5.41) is 14.9. The summed E-state index contributed by atoms with van der Waals surface area (Å²) in [6.45, 7) is 0. The molecule has 7 nitrogen and oxygen atoms in total. The Balaban J connectivity index is 1.50. The maximum atomic E-state index is 12.8. The summed E-state index contributed by atoms with van der Waals surface area (Å²) >= 11 is 1.30. The molecule has 1 aliphatic heterocycles. The predicted octanol–water partition coefficient (Wildman–Crippen LogP) is 5.36. The summed E-state index contributed by atoms with van der Waals surface area (Å²) in [6, 6.07) is 24.2. The number of aliphatic imine (C=N–C) groups is 1. The molecule has 4 aromatic rings. The molecule has 1 N–H and O–H groups in total. The molecule has 0 saturated carbocycles. The molecule has 1 aliphatic rings. The van der Waals surface area contributed by atoms with E-state index in [4.69, 9.17) is 9.84 Å². The lowest BCUT2D eigenvalue weighted by Gasteiger charge is -2.17. The van der Waals surface area contributed by atoms with Crippen LogP contribution < -0.4 is 9.64 Å². The zero-order valence-electron chi connectivity index (χ0n) is 19.1. The van der Waals surface area contributed by atoms with E-state index in [9.17, 15) is 9.90 Å². The van der Waals surface area contributed by atoms with Gasteiger partial charge in [-0.2, -0.15) is 10.1 Å². The maximum absolute atomic E-state index is 12.8. The Kier molecular flexibility index (Phi) is 6.12. The highest BCUT2D eigenvalue weighted by Gasteiger charge is 2.26. The van der Waals surface area contributed by atoms with Gasteiger partial charge in [-0.1, -0.05) is 18.2 Å². The first-order chi connectivity index (χ1) is 17.0.